The summed E-state index contributed by atoms with van der Waals surface area (Å²) in [6.07, 6.45) is 0.256. The number of aliphatic hydroxyl groups is 1. The Bertz CT molecular complexity index is 1150. The highest BCUT2D eigenvalue weighted by molar-refractivity contribution is 6.06. The lowest BCUT2D eigenvalue weighted by atomic mass is 10.0. The van der Waals surface area contributed by atoms with E-state index in [0.717, 1.165) is 5.69 Å². The Kier molecular flexibility index (Phi) is 5.75. The highest BCUT2D eigenvalue weighted by Gasteiger charge is 2.35. The third-order valence-corrected chi connectivity index (χ3v) is 5.66. The molecule has 32 heavy (non-hydrogen) atoms. The minimum Gasteiger partial charge on any atom is -0.478 e. The molecule has 0 saturated heterocycles. The predicted octanol–water partition coefficient (Wildman–Crippen LogP) is 2.85. The van der Waals surface area contributed by atoms with Gasteiger partial charge >= 0.3 is 0 Å². The monoisotopic (exact) mass is 438 g/mol. The number of fused-ring (bicyclic) bond motifs is 1. The normalized spacial score (nSPS) is 16.5. The molecule has 0 unspecified atom stereocenters. The smallest absolute Gasteiger partial charge is 0.268 e. The molecular formula is C23H26N4O5. The zero-order chi connectivity index (χ0) is 23.0. The van der Waals surface area contributed by atoms with Crippen molar-refractivity contribution in [3.63, 3.8) is 0 Å². The fraction of sp³-hybridized carbons (Fsp3) is 0.348. The number of rotatable bonds is 6. The zero-order valence-electron chi connectivity index (χ0n) is 18.5. The van der Waals surface area contributed by atoms with E-state index in [0.29, 0.717) is 40.6 Å². The van der Waals surface area contributed by atoms with Gasteiger partial charge in [0.25, 0.3) is 5.91 Å². The van der Waals surface area contributed by atoms with Gasteiger partial charge in [-0.1, -0.05) is 13.0 Å². The number of nitrogens with zero attached hydrogens (tertiary/aromatic N) is 3. The van der Waals surface area contributed by atoms with Gasteiger partial charge in [0, 0.05) is 7.05 Å². The summed E-state index contributed by atoms with van der Waals surface area (Å²) >= 11 is 0. The molecule has 0 radical (unpaired) electrons. The van der Waals surface area contributed by atoms with Crippen molar-refractivity contribution in [2.24, 2.45) is 7.05 Å². The van der Waals surface area contributed by atoms with Gasteiger partial charge in [0.05, 0.1) is 29.0 Å². The van der Waals surface area contributed by atoms with Gasteiger partial charge in [-0.3, -0.25) is 19.2 Å². The Morgan fingerprint density at radius 3 is 2.72 bits per heavy atom. The Morgan fingerprint density at radius 1 is 1.31 bits per heavy atom. The van der Waals surface area contributed by atoms with E-state index >= 15 is 0 Å². The summed E-state index contributed by atoms with van der Waals surface area (Å²) in [6, 6.07) is 8.43. The second kappa shape index (κ2) is 8.51. The lowest BCUT2D eigenvalue weighted by Crippen LogP contribution is -2.48. The molecule has 0 aliphatic carbocycles. The van der Waals surface area contributed by atoms with Gasteiger partial charge in [-0.15, -0.1) is 0 Å². The molecule has 9 heteroatoms. The molecule has 9 nitrogen and oxygen atoms in total. The van der Waals surface area contributed by atoms with Crippen molar-refractivity contribution in [3.8, 4) is 5.75 Å². The van der Waals surface area contributed by atoms with E-state index < -0.39 is 12.2 Å². The van der Waals surface area contributed by atoms with E-state index in [2.05, 4.69) is 10.4 Å². The predicted molar refractivity (Wildman–Crippen MR) is 118 cm³/mol. The minimum atomic E-state index is -1.01. The fourth-order valence-electron chi connectivity index (χ4n) is 3.82. The Morgan fingerprint density at radius 2 is 2.09 bits per heavy atom. The summed E-state index contributed by atoms with van der Waals surface area (Å²) in [4.78, 5) is 27.4. The number of carbonyl (C=O) groups excluding carboxylic acids is 2. The molecule has 0 fully saturated rings. The highest BCUT2D eigenvalue weighted by atomic mass is 16.5. The first kappa shape index (κ1) is 21.6. The topological polar surface area (TPSA) is 110 Å². The lowest BCUT2D eigenvalue weighted by molar-refractivity contribution is -0.128. The molecular weight excluding hydrogens is 412 g/mol. The van der Waals surface area contributed by atoms with Crippen LogP contribution in [0.2, 0.25) is 0 Å². The molecule has 0 bridgehead atoms. The van der Waals surface area contributed by atoms with Crippen molar-refractivity contribution in [3.05, 3.63) is 59.3 Å². The maximum absolute atomic E-state index is 13.1. The van der Waals surface area contributed by atoms with Crippen molar-refractivity contribution >= 4 is 23.2 Å². The molecule has 1 aliphatic rings. The summed E-state index contributed by atoms with van der Waals surface area (Å²) in [5.41, 5.74) is 3.10. The first-order chi connectivity index (χ1) is 15.3. The van der Waals surface area contributed by atoms with Gasteiger partial charge in [-0.05, 0) is 50.1 Å². The summed E-state index contributed by atoms with van der Waals surface area (Å²) in [5.74, 6) is 0.205. The SMILES string of the molecule is CC[C@@H]1Oc2ccc([C@H](O)c3ccco3)cc2N(CC(=O)Nc2c(C)nn(C)c2C)C1=O. The summed E-state index contributed by atoms with van der Waals surface area (Å²) in [7, 11) is 1.80. The molecule has 2 N–H and O–H groups in total. The van der Waals surface area contributed by atoms with Crippen LogP contribution in [0.15, 0.2) is 41.0 Å². The number of nitrogens with one attached hydrogen (secondary N) is 1. The van der Waals surface area contributed by atoms with Crippen molar-refractivity contribution in [2.75, 3.05) is 16.8 Å². The van der Waals surface area contributed by atoms with Crippen LogP contribution in [0.1, 0.15) is 42.2 Å². The molecule has 3 heterocycles. The Labute approximate surface area is 185 Å². The first-order valence-corrected chi connectivity index (χ1v) is 10.4. The summed E-state index contributed by atoms with van der Waals surface area (Å²) in [5, 5.41) is 17.8. The van der Waals surface area contributed by atoms with Gasteiger partial charge in [0.2, 0.25) is 5.91 Å². The van der Waals surface area contributed by atoms with Gasteiger partial charge in [-0.2, -0.15) is 5.10 Å². The molecule has 0 saturated carbocycles. The molecule has 3 aromatic rings. The van der Waals surface area contributed by atoms with Crippen LogP contribution >= 0.6 is 0 Å². The number of aryl methyl sites for hydroxylation is 2. The summed E-state index contributed by atoms with van der Waals surface area (Å²) in [6.45, 7) is 5.33. The van der Waals surface area contributed by atoms with Gasteiger partial charge in [-0.25, -0.2) is 0 Å². The number of furan rings is 1. The number of hydrogen-bond acceptors (Lipinski definition) is 6. The first-order valence-electron chi connectivity index (χ1n) is 10.4. The van der Waals surface area contributed by atoms with Crippen LogP contribution in [0.25, 0.3) is 0 Å². The van der Waals surface area contributed by atoms with Crippen molar-refractivity contribution < 1.29 is 23.8 Å². The zero-order valence-corrected chi connectivity index (χ0v) is 18.5. The van der Waals surface area contributed by atoms with E-state index in [-0.39, 0.29) is 18.4 Å². The third-order valence-electron chi connectivity index (χ3n) is 5.66. The van der Waals surface area contributed by atoms with Crippen LogP contribution < -0.4 is 15.0 Å². The average molecular weight is 438 g/mol. The second-order valence-corrected chi connectivity index (χ2v) is 7.80. The number of amides is 2. The number of benzene rings is 1. The van der Waals surface area contributed by atoms with Crippen LogP contribution in [0.3, 0.4) is 0 Å². The van der Waals surface area contributed by atoms with Crippen molar-refractivity contribution in [1.82, 2.24) is 9.78 Å². The maximum atomic E-state index is 13.1. The van der Waals surface area contributed by atoms with E-state index in [4.69, 9.17) is 9.15 Å². The van der Waals surface area contributed by atoms with Gasteiger partial charge in [0.1, 0.15) is 24.2 Å². The largest absolute Gasteiger partial charge is 0.478 e. The number of carbonyl (C=O) groups is 2. The minimum absolute atomic E-state index is 0.195. The lowest BCUT2D eigenvalue weighted by Gasteiger charge is -2.34. The fourth-order valence-corrected chi connectivity index (χ4v) is 3.82. The van der Waals surface area contributed by atoms with E-state index in [1.165, 1.54) is 11.2 Å². The number of hydrogen-bond donors (Lipinski definition) is 2. The molecule has 2 atom stereocenters. The molecule has 1 aromatic carbocycles. The van der Waals surface area contributed by atoms with Crippen molar-refractivity contribution in [2.45, 2.75) is 39.4 Å². The van der Waals surface area contributed by atoms with Crippen LogP contribution in [-0.4, -0.2) is 39.4 Å². The number of aliphatic hydroxyl groups excluding tert-OH is 1. The average Bonchev–Trinajstić information content (AvgIpc) is 3.39. The van der Waals surface area contributed by atoms with Crippen molar-refractivity contribution in [1.29, 1.82) is 0 Å². The van der Waals surface area contributed by atoms with E-state index in [1.807, 2.05) is 20.8 Å². The number of ether oxygens (including phenoxy) is 1. The van der Waals surface area contributed by atoms with Crippen LogP contribution in [0.5, 0.6) is 5.75 Å². The molecule has 2 amide bonds. The molecule has 0 spiro atoms. The molecule has 2 aromatic heterocycles. The standard InChI is InChI=1S/C23H26N4O5/c1-5-17-23(30)27(12-20(28)24-21-13(2)25-26(4)14(21)3)16-11-15(8-9-18(16)32-17)22(29)19-7-6-10-31-19/h6-11,17,22,29H,5,12H2,1-4H3,(H,24,28)/t17-,22-/m0/s1. The van der Waals surface area contributed by atoms with Gasteiger partial charge < -0.3 is 19.6 Å². The number of aromatic nitrogens is 2. The van der Waals surface area contributed by atoms with E-state index in [1.54, 1.807) is 42.1 Å². The quantitative estimate of drug-likeness (QED) is 0.612. The van der Waals surface area contributed by atoms with E-state index in [9.17, 15) is 14.7 Å². The van der Waals surface area contributed by atoms with Crippen LogP contribution in [-0.2, 0) is 16.6 Å². The molecule has 4 rings (SSSR count). The molecule has 1 aliphatic heterocycles. The molecule has 168 valence electrons. The third kappa shape index (κ3) is 3.87. The maximum Gasteiger partial charge on any atom is 0.268 e. The van der Waals surface area contributed by atoms with Gasteiger partial charge in [0.15, 0.2) is 6.10 Å². The summed E-state index contributed by atoms with van der Waals surface area (Å²) < 4.78 is 12.8. The second-order valence-electron chi connectivity index (χ2n) is 7.80. The Balaban J connectivity index is 1.64. The number of anilines is 2. The Hall–Kier alpha value is -3.59. The highest BCUT2D eigenvalue weighted by Crippen LogP contribution is 2.38. The van der Waals surface area contributed by atoms with Crippen LogP contribution in [0.4, 0.5) is 11.4 Å². The van der Waals surface area contributed by atoms with Crippen LogP contribution in [0, 0.1) is 13.8 Å².